The van der Waals surface area contributed by atoms with E-state index in [1.54, 1.807) is 30.3 Å². The molecular weight excluding hydrogens is 418 g/mol. The maximum atomic E-state index is 14.6. The number of rotatable bonds is 4. The average Bonchev–Trinajstić information content (AvgIpc) is 3.07. The fourth-order valence-electron chi connectivity index (χ4n) is 3.11. The number of pyridine rings is 1. The van der Waals surface area contributed by atoms with Gasteiger partial charge in [0.15, 0.2) is 5.78 Å². The monoisotopic (exact) mass is 428 g/mol. The van der Waals surface area contributed by atoms with Crippen LogP contribution in [-0.2, 0) is 0 Å². The lowest BCUT2D eigenvalue weighted by Crippen LogP contribution is -2.03. The van der Waals surface area contributed by atoms with E-state index in [-0.39, 0.29) is 32.4 Å². The van der Waals surface area contributed by atoms with Gasteiger partial charge in [-0.2, -0.15) is 0 Å². The molecule has 2 aromatic heterocycles. The standard InChI is InChI=1S/C21H11Cl2FN2O3/c22-14-4-1-5-15(23)18(14)19(27)13-10-26(20-12(13)3-2-8-25-20)17-7-6-11(21(28)29)9-16(17)24/h1-10H,(H,28,29). The molecule has 1 N–H and O–H groups in total. The van der Waals surface area contributed by atoms with Crippen LogP contribution in [0.2, 0.25) is 10.0 Å². The lowest BCUT2D eigenvalue weighted by molar-refractivity contribution is 0.0696. The predicted molar refractivity (Wildman–Crippen MR) is 108 cm³/mol. The average molecular weight is 429 g/mol. The predicted octanol–water partition coefficient (Wildman–Crippen LogP) is 5.40. The van der Waals surface area contributed by atoms with E-state index in [2.05, 4.69) is 4.98 Å². The Morgan fingerprint density at radius 2 is 1.76 bits per heavy atom. The van der Waals surface area contributed by atoms with E-state index in [1.165, 1.54) is 29.1 Å². The third-order valence-corrected chi connectivity index (χ3v) is 5.08. The van der Waals surface area contributed by atoms with Gasteiger partial charge < -0.3 is 5.11 Å². The van der Waals surface area contributed by atoms with E-state index in [0.717, 1.165) is 6.07 Å². The Morgan fingerprint density at radius 1 is 1.03 bits per heavy atom. The third-order valence-electron chi connectivity index (χ3n) is 4.45. The zero-order chi connectivity index (χ0) is 20.7. The largest absolute Gasteiger partial charge is 0.478 e. The van der Waals surface area contributed by atoms with Crippen LogP contribution in [-0.4, -0.2) is 26.4 Å². The van der Waals surface area contributed by atoms with E-state index >= 15 is 0 Å². The highest BCUT2D eigenvalue weighted by atomic mass is 35.5. The van der Waals surface area contributed by atoms with Gasteiger partial charge in [0.2, 0.25) is 0 Å². The quantitative estimate of drug-likeness (QED) is 0.441. The lowest BCUT2D eigenvalue weighted by atomic mass is 10.0. The minimum absolute atomic E-state index is 0.0583. The number of hydrogen-bond acceptors (Lipinski definition) is 3. The summed E-state index contributed by atoms with van der Waals surface area (Å²) < 4.78 is 16.0. The molecule has 29 heavy (non-hydrogen) atoms. The Bertz CT molecular complexity index is 1280. The van der Waals surface area contributed by atoms with Gasteiger partial charge in [-0.25, -0.2) is 14.2 Å². The van der Waals surface area contributed by atoms with Gasteiger partial charge in [0.25, 0.3) is 0 Å². The molecule has 0 unspecified atom stereocenters. The summed E-state index contributed by atoms with van der Waals surface area (Å²) in [5.74, 6) is -2.43. The summed E-state index contributed by atoms with van der Waals surface area (Å²) in [4.78, 5) is 28.5. The molecule has 0 spiro atoms. The second-order valence-electron chi connectivity index (χ2n) is 6.18. The van der Waals surface area contributed by atoms with Crippen LogP contribution in [0.15, 0.2) is 60.9 Å². The highest BCUT2D eigenvalue weighted by Gasteiger charge is 2.23. The van der Waals surface area contributed by atoms with Gasteiger partial charge in [-0.15, -0.1) is 0 Å². The highest BCUT2D eigenvalue weighted by Crippen LogP contribution is 2.31. The molecule has 8 heteroatoms. The summed E-state index contributed by atoms with van der Waals surface area (Å²) >= 11 is 12.4. The molecule has 144 valence electrons. The molecule has 0 aliphatic rings. The van der Waals surface area contributed by atoms with Crippen molar-refractivity contribution < 1.29 is 19.1 Å². The Balaban J connectivity index is 1.94. The van der Waals surface area contributed by atoms with Crippen LogP contribution < -0.4 is 0 Å². The molecule has 5 nitrogen and oxygen atoms in total. The fourth-order valence-corrected chi connectivity index (χ4v) is 3.68. The smallest absolute Gasteiger partial charge is 0.335 e. The van der Waals surface area contributed by atoms with E-state index in [4.69, 9.17) is 28.3 Å². The van der Waals surface area contributed by atoms with E-state index in [1.807, 2.05) is 0 Å². The molecule has 0 atom stereocenters. The second kappa shape index (κ2) is 7.31. The number of carbonyl (C=O) groups is 2. The summed E-state index contributed by atoms with van der Waals surface area (Å²) in [5.41, 5.74) is 0.587. The number of halogens is 3. The number of aromatic nitrogens is 2. The zero-order valence-electron chi connectivity index (χ0n) is 14.6. The minimum Gasteiger partial charge on any atom is -0.478 e. The maximum Gasteiger partial charge on any atom is 0.335 e. The number of nitrogens with zero attached hydrogens (tertiary/aromatic N) is 2. The van der Waals surface area contributed by atoms with Crippen molar-refractivity contribution >= 4 is 46.0 Å². The van der Waals surface area contributed by atoms with Gasteiger partial charge in [0.05, 0.1) is 32.4 Å². The Labute approximate surface area is 173 Å². The van der Waals surface area contributed by atoms with E-state index in [9.17, 15) is 14.0 Å². The lowest BCUT2D eigenvalue weighted by Gasteiger charge is -2.07. The van der Waals surface area contributed by atoms with Gasteiger partial charge in [-0.3, -0.25) is 9.36 Å². The first-order chi connectivity index (χ1) is 13.9. The topological polar surface area (TPSA) is 72.2 Å². The van der Waals surface area contributed by atoms with Gasteiger partial charge in [0, 0.05) is 17.8 Å². The van der Waals surface area contributed by atoms with Crippen molar-refractivity contribution in [1.82, 2.24) is 9.55 Å². The number of carboxylic acid groups (broad SMARTS) is 1. The molecule has 2 heterocycles. The highest BCUT2D eigenvalue weighted by molar-refractivity contribution is 6.41. The molecule has 0 saturated heterocycles. The molecule has 0 bridgehead atoms. The summed E-state index contributed by atoms with van der Waals surface area (Å²) in [6.45, 7) is 0. The first-order valence-corrected chi connectivity index (χ1v) is 9.12. The van der Waals surface area contributed by atoms with Crippen LogP contribution in [0, 0.1) is 5.82 Å². The Kier molecular flexibility index (Phi) is 4.82. The summed E-state index contributed by atoms with van der Waals surface area (Å²) in [6.07, 6.45) is 2.96. The van der Waals surface area contributed by atoms with Gasteiger partial charge in [0.1, 0.15) is 11.5 Å². The molecular formula is C21H11Cl2FN2O3. The van der Waals surface area contributed by atoms with Crippen molar-refractivity contribution in [3.63, 3.8) is 0 Å². The zero-order valence-corrected chi connectivity index (χ0v) is 16.1. The van der Waals surface area contributed by atoms with Crippen molar-refractivity contribution in [3.8, 4) is 5.69 Å². The number of benzene rings is 2. The summed E-state index contributed by atoms with van der Waals surface area (Å²) in [5, 5.41) is 9.92. The van der Waals surface area contributed by atoms with Crippen LogP contribution in [0.25, 0.3) is 16.7 Å². The Morgan fingerprint density at radius 3 is 2.41 bits per heavy atom. The van der Waals surface area contributed by atoms with Crippen LogP contribution in [0.4, 0.5) is 4.39 Å². The van der Waals surface area contributed by atoms with Crippen molar-refractivity contribution in [2.45, 2.75) is 0 Å². The normalized spacial score (nSPS) is 11.0. The first kappa shape index (κ1) is 19.1. The van der Waals surface area contributed by atoms with Gasteiger partial charge in [-0.1, -0.05) is 29.3 Å². The second-order valence-corrected chi connectivity index (χ2v) is 7.00. The molecule has 0 saturated carbocycles. The number of aromatic carboxylic acids is 1. The Hall–Kier alpha value is -3.22. The first-order valence-electron chi connectivity index (χ1n) is 8.36. The number of carboxylic acids is 1. The van der Waals surface area contributed by atoms with Crippen molar-refractivity contribution in [1.29, 1.82) is 0 Å². The number of fused-ring (bicyclic) bond motifs is 1. The molecule has 2 aromatic carbocycles. The van der Waals surface area contributed by atoms with Crippen molar-refractivity contribution in [3.05, 3.63) is 93.5 Å². The third kappa shape index (κ3) is 3.26. The minimum atomic E-state index is -1.24. The van der Waals surface area contributed by atoms with Crippen molar-refractivity contribution in [2.75, 3.05) is 0 Å². The van der Waals surface area contributed by atoms with E-state index < -0.39 is 17.6 Å². The molecule has 0 amide bonds. The van der Waals surface area contributed by atoms with Gasteiger partial charge in [-0.05, 0) is 42.5 Å². The molecule has 0 radical (unpaired) electrons. The van der Waals surface area contributed by atoms with E-state index in [0.29, 0.717) is 11.0 Å². The van der Waals surface area contributed by atoms with Crippen LogP contribution in [0.1, 0.15) is 26.3 Å². The van der Waals surface area contributed by atoms with Crippen LogP contribution in [0.5, 0.6) is 0 Å². The molecule has 0 aliphatic heterocycles. The molecule has 0 aliphatic carbocycles. The molecule has 4 aromatic rings. The van der Waals surface area contributed by atoms with Gasteiger partial charge >= 0.3 is 5.97 Å². The van der Waals surface area contributed by atoms with Crippen molar-refractivity contribution in [2.24, 2.45) is 0 Å². The van der Waals surface area contributed by atoms with Crippen LogP contribution in [0.3, 0.4) is 0 Å². The summed E-state index contributed by atoms with van der Waals surface area (Å²) in [6, 6.07) is 11.6. The number of hydrogen-bond donors (Lipinski definition) is 1. The summed E-state index contributed by atoms with van der Waals surface area (Å²) in [7, 11) is 0. The fraction of sp³-hybridized carbons (Fsp3) is 0. The molecule has 0 fully saturated rings. The SMILES string of the molecule is O=C(O)c1ccc(-n2cc(C(=O)c3c(Cl)cccc3Cl)c3cccnc32)c(F)c1. The van der Waals surface area contributed by atoms with Crippen LogP contribution >= 0.6 is 23.2 Å². The number of ketones is 1. The maximum absolute atomic E-state index is 14.6. The number of carbonyl (C=O) groups excluding carboxylic acids is 1. The molecule has 4 rings (SSSR count).